The second-order valence-corrected chi connectivity index (χ2v) is 5.83. The highest BCUT2D eigenvalue weighted by atomic mass is 16.5. The summed E-state index contributed by atoms with van der Waals surface area (Å²) in [6, 6.07) is 0. The lowest BCUT2D eigenvalue weighted by Gasteiger charge is -2.25. The van der Waals surface area contributed by atoms with Gasteiger partial charge < -0.3 is 9.64 Å². The predicted octanol–water partition coefficient (Wildman–Crippen LogP) is 1.91. The van der Waals surface area contributed by atoms with Crippen molar-refractivity contribution in [3.63, 3.8) is 0 Å². The van der Waals surface area contributed by atoms with Gasteiger partial charge in [0.2, 0.25) is 5.91 Å². The normalized spacial score (nSPS) is 18.7. The maximum Gasteiger partial charge on any atom is 0.310 e. The Bertz CT molecular complexity index is 325. The van der Waals surface area contributed by atoms with E-state index in [-0.39, 0.29) is 17.8 Å². The molecule has 0 aromatic rings. The predicted molar refractivity (Wildman–Crippen MR) is 83.0 cm³/mol. The standard InChI is InChI=1S/C16H30N2O3/c1-4-6-9-18(10-7-5-2)15(19)13-17-11-8-14(12-17)16(20)21-3/h14H,4-13H2,1-3H3. The van der Waals surface area contributed by atoms with E-state index in [0.29, 0.717) is 13.1 Å². The Balaban J connectivity index is 2.43. The van der Waals surface area contributed by atoms with E-state index < -0.39 is 0 Å². The van der Waals surface area contributed by atoms with Crippen LogP contribution >= 0.6 is 0 Å². The van der Waals surface area contributed by atoms with Crippen molar-refractivity contribution in [3.05, 3.63) is 0 Å². The summed E-state index contributed by atoms with van der Waals surface area (Å²) >= 11 is 0. The van der Waals surface area contributed by atoms with Gasteiger partial charge in [0.25, 0.3) is 0 Å². The molecule has 1 unspecified atom stereocenters. The zero-order chi connectivity index (χ0) is 15.7. The van der Waals surface area contributed by atoms with Crippen molar-refractivity contribution >= 4 is 11.9 Å². The summed E-state index contributed by atoms with van der Waals surface area (Å²) < 4.78 is 4.78. The van der Waals surface area contributed by atoms with Crippen molar-refractivity contribution in [2.75, 3.05) is 39.8 Å². The maximum atomic E-state index is 12.4. The number of carbonyl (C=O) groups excluding carboxylic acids is 2. The Kier molecular flexibility index (Phi) is 8.35. The van der Waals surface area contributed by atoms with Crippen LogP contribution in [0.5, 0.6) is 0 Å². The number of unbranched alkanes of at least 4 members (excludes halogenated alkanes) is 2. The van der Waals surface area contributed by atoms with E-state index in [2.05, 4.69) is 18.7 Å². The molecule has 1 aliphatic rings. The van der Waals surface area contributed by atoms with Crippen LogP contribution in [0.2, 0.25) is 0 Å². The molecule has 1 rings (SSSR count). The molecule has 0 aromatic carbocycles. The van der Waals surface area contributed by atoms with Crippen LogP contribution in [-0.2, 0) is 14.3 Å². The van der Waals surface area contributed by atoms with E-state index in [1.807, 2.05) is 4.90 Å². The molecular formula is C16H30N2O3. The van der Waals surface area contributed by atoms with E-state index in [1.165, 1.54) is 7.11 Å². The van der Waals surface area contributed by atoms with Gasteiger partial charge in [-0.25, -0.2) is 0 Å². The Hall–Kier alpha value is -1.10. The third kappa shape index (κ3) is 6.04. The Morgan fingerprint density at radius 2 is 1.81 bits per heavy atom. The van der Waals surface area contributed by atoms with Gasteiger partial charge in [-0.2, -0.15) is 0 Å². The van der Waals surface area contributed by atoms with E-state index in [9.17, 15) is 9.59 Å². The molecule has 0 aliphatic carbocycles. The minimum atomic E-state index is -0.154. The Morgan fingerprint density at radius 1 is 1.19 bits per heavy atom. The van der Waals surface area contributed by atoms with E-state index in [4.69, 9.17) is 4.74 Å². The highest BCUT2D eigenvalue weighted by Crippen LogP contribution is 2.17. The molecule has 1 atom stereocenters. The highest BCUT2D eigenvalue weighted by Gasteiger charge is 2.30. The lowest BCUT2D eigenvalue weighted by molar-refractivity contribution is -0.145. The molecular weight excluding hydrogens is 268 g/mol. The molecule has 1 heterocycles. The SMILES string of the molecule is CCCCN(CCCC)C(=O)CN1CCC(C(=O)OC)C1. The summed E-state index contributed by atoms with van der Waals surface area (Å²) in [6.45, 7) is 7.87. The first-order valence-electron chi connectivity index (χ1n) is 8.20. The van der Waals surface area contributed by atoms with Gasteiger partial charge in [-0.05, 0) is 25.8 Å². The lowest BCUT2D eigenvalue weighted by atomic mass is 10.1. The van der Waals surface area contributed by atoms with Crippen LogP contribution in [0.15, 0.2) is 0 Å². The van der Waals surface area contributed by atoms with Crippen molar-refractivity contribution in [2.45, 2.75) is 46.0 Å². The molecule has 1 fully saturated rings. The van der Waals surface area contributed by atoms with Crippen LogP contribution in [0, 0.1) is 5.92 Å². The van der Waals surface area contributed by atoms with Crippen LogP contribution < -0.4 is 0 Å². The van der Waals surface area contributed by atoms with Crippen LogP contribution in [0.1, 0.15) is 46.0 Å². The van der Waals surface area contributed by atoms with Gasteiger partial charge in [-0.15, -0.1) is 0 Å². The number of likely N-dealkylation sites (tertiary alicyclic amines) is 1. The lowest BCUT2D eigenvalue weighted by Crippen LogP contribution is -2.41. The smallest absolute Gasteiger partial charge is 0.310 e. The zero-order valence-corrected chi connectivity index (χ0v) is 13.8. The number of carbonyl (C=O) groups is 2. The quantitative estimate of drug-likeness (QED) is 0.610. The monoisotopic (exact) mass is 298 g/mol. The molecule has 122 valence electrons. The van der Waals surface area contributed by atoms with Crippen molar-refractivity contribution in [1.29, 1.82) is 0 Å². The summed E-state index contributed by atoms with van der Waals surface area (Å²) in [4.78, 5) is 28.0. The fraction of sp³-hybridized carbons (Fsp3) is 0.875. The van der Waals surface area contributed by atoms with Gasteiger partial charge in [-0.1, -0.05) is 26.7 Å². The van der Waals surface area contributed by atoms with Crippen molar-refractivity contribution in [1.82, 2.24) is 9.80 Å². The first-order chi connectivity index (χ1) is 10.1. The van der Waals surface area contributed by atoms with E-state index in [1.54, 1.807) is 0 Å². The average Bonchev–Trinajstić information content (AvgIpc) is 2.95. The van der Waals surface area contributed by atoms with Crippen LogP contribution in [0.25, 0.3) is 0 Å². The van der Waals surface area contributed by atoms with Crippen molar-refractivity contribution in [3.8, 4) is 0 Å². The third-order valence-electron chi connectivity index (χ3n) is 4.08. The highest BCUT2D eigenvalue weighted by molar-refractivity contribution is 5.78. The number of nitrogens with zero attached hydrogens (tertiary/aromatic N) is 2. The van der Waals surface area contributed by atoms with Gasteiger partial charge in [0, 0.05) is 19.6 Å². The number of methoxy groups -OCH3 is 1. The zero-order valence-electron chi connectivity index (χ0n) is 13.8. The minimum Gasteiger partial charge on any atom is -0.469 e. The molecule has 0 bridgehead atoms. The first kappa shape index (κ1) is 18.0. The second-order valence-electron chi connectivity index (χ2n) is 5.83. The maximum absolute atomic E-state index is 12.4. The molecule has 21 heavy (non-hydrogen) atoms. The number of rotatable bonds is 9. The first-order valence-corrected chi connectivity index (χ1v) is 8.20. The molecule has 0 spiro atoms. The number of hydrogen-bond donors (Lipinski definition) is 0. The summed E-state index contributed by atoms with van der Waals surface area (Å²) in [5.41, 5.74) is 0. The molecule has 1 amide bonds. The third-order valence-corrected chi connectivity index (χ3v) is 4.08. The molecule has 5 nitrogen and oxygen atoms in total. The van der Waals surface area contributed by atoms with Gasteiger partial charge in [-0.3, -0.25) is 14.5 Å². The minimum absolute atomic E-state index is 0.0671. The largest absolute Gasteiger partial charge is 0.469 e. The Labute approximate surface area is 128 Å². The van der Waals surface area contributed by atoms with Gasteiger partial charge in [0.1, 0.15) is 0 Å². The fourth-order valence-corrected chi connectivity index (χ4v) is 2.69. The average molecular weight is 298 g/mol. The molecule has 0 radical (unpaired) electrons. The van der Waals surface area contributed by atoms with Gasteiger partial charge >= 0.3 is 5.97 Å². The summed E-state index contributed by atoms with van der Waals surface area (Å²) in [5, 5.41) is 0. The van der Waals surface area contributed by atoms with Gasteiger partial charge in [0.15, 0.2) is 0 Å². The summed E-state index contributed by atoms with van der Waals surface area (Å²) in [5.74, 6) is -0.0243. The molecule has 0 aromatic heterocycles. The van der Waals surface area contributed by atoms with Crippen LogP contribution in [0.4, 0.5) is 0 Å². The van der Waals surface area contributed by atoms with Crippen LogP contribution in [-0.4, -0.2) is 61.5 Å². The fourth-order valence-electron chi connectivity index (χ4n) is 2.69. The number of ether oxygens (including phenoxy) is 1. The molecule has 0 saturated carbocycles. The number of hydrogen-bond acceptors (Lipinski definition) is 4. The molecule has 1 saturated heterocycles. The van der Waals surface area contributed by atoms with Crippen molar-refractivity contribution in [2.24, 2.45) is 5.92 Å². The van der Waals surface area contributed by atoms with E-state index in [0.717, 1.165) is 51.7 Å². The number of esters is 1. The molecule has 0 N–H and O–H groups in total. The second kappa shape index (κ2) is 9.77. The molecule has 5 heteroatoms. The van der Waals surface area contributed by atoms with Crippen molar-refractivity contribution < 1.29 is 14.3 Å². The number of amides is 1. The Morgan fingerprint density at radius 3 is 2.33 bits per heavy atom. The van der Waals surface area contributed by atoms with Crippen LogP contribution in [0.3, 0.4) is 0 Å². The summed E-state index contributed by atoms with van der Waals surface area (Å²) in [7, 11) is 1.42. The topological polar surface area (TPSA) is 49.9 Å². The van der Waals surface area contributed by atoms with Gasteiger partial charge in [0.05, 0.1) is 19.6 Å². The molecule has 1 aliphatic heterocycles. The summed E-state index contributed by atoms with van der Waals surface area (Å²) in [6.07, 6.45) is 5.11. The van der Waals surface area contributed by atoms with E-state index >= 15 is 0 Å².